The van der Waals surface area contributed by atoms with E-state index >= 15 is 0 Å². The Morgan fingerprint density at radius 3 is 2.66 bits per heavy atom. The molecule has 162 valence electrons. The van der Waals surface area contributed by atoms with Crippen LogP contribution in [0.4, 0.5) is 4.79 Å². The molecule has 0 spiro atoms. The van der Waals surface area contributed by atoms with Crippen LogP contribution in [0.3, 0.4) is 0 Å². The Balaban J connectivity index is 1.72. The minimum absolute atomic E-state index is 0.275. The van der Waals surface area contributed by atoms with Gasteiger partial charge in [0, 0.05) is 32.1 Å². The molecule has 29 heavy (non-hydrogen) atoms. The summed E-state index contributed by atoms with van der Waals surface area (Å²) in [6.07, 6.45) is 9.04. The van der Waals surface area contributed by atoms with E-state index in [1.807, 2.05) is 12.5 Å². The van der Waals surface area contributed by atoms with Gasteiger partial charge in [-0.25, -0.2) is 9.78 Å². The average molecular weight is 409 g/mol. The lowest BCUT2D eigenvalue weighted by Gasteiger charge is -2.26. The van der Waals surface area contributed by atoms with Gasteiger partial charge in [0.15, 0.2) is 0 Å². The van der Waals surface area contributed by atoms with Crippen molar-refractivity contribution in [2.75, 3.05) is 13.3 Å². The molecule has 0 aliphatic heterocycles. The third-order valence-electron chi connectivity index (χ3n) is 5.32. The summed E-state index contributed by atoms with van der Waals surface area (Å²) in [6.45, 7) is 3.33. The fraction of sp³-hybridized carbons (Fsp3) is 0.700. The third kappa shape index (κ3) is 8.13. The Bertz CT molecular complexity index is 682. The molecule has 0 bridgehead atoms. The zero-order chi connectivity index (χ0) is 21.2. The first kappa shape index (κ1) is 22.7. The first-order chi connectivity index (χ1) is 13.8. The highest BCUT2D eigenvalue weighted by Gasteiger charge is 2.22. The first-order valence-electron chi connectivity index (χ1n) is 10.1. The molecule has 9 nitrogen and oxygen atoms in total. The molecule has 2 rings (SSSR count). The molecule has 0 unspecified atom stereocenters. The number of alkyl carbamates (subject to hydrolysis) is 1. The van der Waals surface area contributed by atoms with Crippen molar-refractivity contribution in [1.82, 2.24) is 14.9 Å². The van der Waals surface area contributed by atoms with E-state index < -0.39 is 30.7 Å². The molecule has 1 heterocycles. The Morgan fingerprint density at radius 1 is 1.28 bits per heavy atom. The van der Waals surface area contributed by atoms with Gasteiger partial charge in [-0.05, 0) is 44.4 Å². The number of hydrogen-bond acceptors (Lipinski definition) is 6. The second-order valence-electron chi connectivity index (χ2n) is 7.72. The molecule has 1 fully saturated rings. The summed E-state index contributed by atoms with van der Waals surface area (Å²) in [5, 5.41) is 12.0. The SMILES string of the molecule is CC(=O)OCOC(=O)NCCC[C@@H](Cc1cn([C@H]2CC[C@H](C)CC2)cn1)C(=O)O. The number of hydrogen-bond donors (Lipinski definition) is 2. The van der Waals surface area contributed by atoms with Crippen LogP contribution < -0.4 is 5.32 Å². The minimum Gasteiger partial charge on any atom is -0.481 e. The maximum absolute atomic E-state index is 11.6. The van der Waals surface area contributed by atoms with E-state index in [0.717, 1.165) is 24.5 Å². The number of carbonyl (C=O) groups is 3. The summed E-state index contributed by atoms with van der Waals surface area (Å²) in [7, 11) is 0. The maximum atomic E-state index is 11.6. The van der Waals surface area contributed by atoms with Crippen LogP contribution in [0.25, 0.3) is 0 Å². The lowest BCUT2D eigenvalue weighted by molar-refractivity contribution is -0.149. The molecule has 0 saturated heterocycles. The first-order valence-corrected chi connectivity index (χ1v) is 10.1. The predicted octanol–water partition coefficient (Wildman–Crippen LogP) is 2.90. The van der Waals surface area contributed by atoms with Crippen LogP contribution in [0.2, 0.25) is 0 Å². The fourth-order valence-corrected chi connectivity index (χ4v) is 3.55. The number of ether oxygens (including phenoxy) is 2. The molecule has 1 aliphatic rings. The van der Waals surface area contributed by atoms with Gasteiger partial charge in [0.1, 0.15) is 0 Å². The molecule has 9 heteroatoms. The number of amides is 1. The maximum Gasteiger partial charge on any atom is 0.410 e. The quantitative estimate of drug-likeness (QED) is 0.346. The zero-order valence-electron chi connectivity index (χ0n) is 17.1. The summed E-state index contributed by atoms with van der Waals surface area (Å²) in [5.41, 5.74) is 0.782. The van der Waals surface area contributed by atoms with E-state index in [1.54, 1.807) is 0 Å². The molecule has 2 N–H and O–H groups in total. The zero-order valence-corrected chi connectivity index (χ0v) is 17.1. The van der Waals surface area contributed by atoms with Crippen molar-refractivity contribution < 1.29 is 29.0 Å². The van der Waals surface area contributed by atoms with Crippen molar-refractivity contribution in [2.45, 2.75) is 64.8 Å². The van der Waals surface area contributed by atoms with Crippen molar-refractivity contribution in [2.24, 2.45) is 11.8 Å². The molecule has 0 aromatic carbocycles. The average Bonchev–Trinajstić information content (AvgIpc) is 3.13. The standard InChI is InChI=1S/C20H31N3O6/c1-14-5-7-18(8-6-14)23-11-17(22-12-23)10-16(19(25)26)4-3-9-21-20(27)29-13-28-15(2)24/h11-12,14,16,18H,3-10,13H2,1-2H3,(H,21,27)(H,25,26)/t14-,16-,18-/m0/s1. The van der Waals surface area contributed by atoms with Crippen molar-refractivity contribution in [3.63, 3.8) is 0 Å². The molecule has 0 radical (unpaired) electrons. The molecule has 1 aromatic rings. The Hall–Kier alpha value is -2.58. The van der Waals surface area contributed by atoms with Gasteiger partial charge >= 0.3 is 18.0 Å². The number of nitrogens with zero attached hydrogens (tertiary/aromatic N) is 2. The topological polar surface area (TPSA) is 120 Å². The largest absolute Gasteiger partial charge is 0.481 e. The van der Waals surface area contributed by atoms with E-state index in [2.05, 4.69) is 31.3 Å². The van der Waals surface area contributed by atoms with Crippen LogP contribution in [0.15, 0.2) is 12.5 Å². The summed E-state index contributed by atoms with van der Waals surface area (Å²) < 4.78 is 11.3. The number of rotatable bonds is 10. The number of aromatic nitrogens is 2. The molecular formula is C20H31N3O6. The number of nitrogens with one attached hydrogen (secondary N) is 1. The summed E-state index contributed by atoms with van der Waals surface area (Å²) in [4.78, 5) is 38.0. The van der Waals surface area contributed by atoms with Gasteiger partial charge in [-0.2, -0.15) is 0 Å². The predicted molar refractivity (Wildman–Crippen MR) is 104 cm³/mol. The Kier molecular flexibility index (Phi) is 8.95. The smallest absolute Gasteiger partial charge is 0.410 e. The van der Waals surface area contributed by atoms with E-state index in [4.69, 9.17) is 0 Å². The van der Waals surface area contributed by atoms with Gasteiger partial charge in [-0.3, -0.25) is 9.59 Å². The molecule has 1 amide bonds. The minimum atomic E-state index is -0.872. The van der Waals surface area contributed by atoms with Gasteiger partial charge in [0.05, 0.1) is 17.9 Å². The molecule has 1 atom stereocenters. The van der Waals surface area contributed by atoms with Gasteiger partial charge in [0.25, 0.3) is 0 Å². The van der Waals surface area contributed by atoms with E-state index in [9.17, 15) is 19.5 Å². The number of esters is 1. The highest BCUT2D eigenvalue weighted by Crippen LogP contribution is 2.31. The van der Waals surface area contributed by atoms with Crippen LogP contribution >= 0.6 is 0 Å². The van der Waals surface area contributed by atoms with Crippen molar-refractivity contribution in [3.05, 3.63) is 18.2 Å². The van der Waals surface area contributed by atoms with Crippen LogP contribution in [0, 0.1) is 11.8 Å². The lowest BCUT2D eigenvalue weighted by Crippen LogP contribution is -2.27. The van der Waals surface area contributed by atoms with Gasteiger partial charge in [0.2, 0.25) is 6.79 Å². The second-order valence-corrected chi connectivity index (χ2v) is 7.72. The fourth-order valence-electron chi connectivity index (χ4n) is 3.55. The highest BCUT2D eigenvalue weighted by molar-refractivity contribution is 5.70. The highest BCUT2D eigenvalue weighted by atomic mass is 16.7. The van der Waals surface area contributed by atoms with Crippen LogP contribution in [0.5, 0.6) is 0 Å². The van der Waals surface area contributed by atoms with Gasteiger partial charge in [-0.15, -0.1) is 0 Å². The number of carboxylic acids is 1. The number of imidazole rings is 1. The number of carbonyl (C=O) groups excluding carboxylic acids is 2. The third-order valence-corrected chi connectivity index (χ3v) is 5.32. The van der Waals surface area contributed by atoms with E-state index in [-0.39, 0.29) is 6.54 Å². The monoisotopic (exact) mass is 409 g/mol. The summed E-state index contributed by atoms with van der Waals surface area (Å²) >= 11 is 0. The van der Waals surface area contributed by atoms with Crippen LogP contribution in [0.1, 0.15) is 64.1 Å². The molecule has 1 aliphatic carbocycles. The van der Waals surface area contributed by atoms with E-state index in [1.165, 1.54) is 19.8 Å². The molecule has 1 aromatic heterocycles. The lowest BCUT2D eigenvalue weighted by atomic mass is 9.87. The summed E-state index contributed by atoms with van der Waals surface area (Å²) in [6, 6.07) is 0.456. The summed E-state index contributed by atoms with van der Waals surface area (Å²) in [5.74, 6) is -1.20. The van der Waals surface area contributed by atoms with Crippen molar-refractivity contribution in [1.29, 1.82) is 0 Å². The van der Waals surface area contributed by atoms with E-state index in [0.29, 0.717) is 25.3 Å². The Morgan fingerprint density at radius 2 is 2.00 bits per heavy atom. The van der Waals surface area contributed by atoms with Crippen molar-refractivity contribution >= 4 is 18.0 Å². The van der Waals surface area contributed by atoms with Crippen LogP contribution in [-0.2, 0) is 25.5 Å². The molecule has 1 saturated carbocycles. The number of aliphatic carboxylic acids is 1. The number of carboxylic acid groups (broad SMARTS) is 1. The normalized spacial score (nSPS) is 19.9. The van der Waals surface area contributed by atoms with Crippen molar-refractivity contribution in [3.8, 4) is 0 Å². The van der Waals surface area contributed by atoms with Gasteiger partial charge in [-0.1, -0.05) is 6.92 Å². The second kappa shape index (κ2) is 11.4. The van der Waals surface area contributed by atoms with Gasteiger partial charge < -0.3 is 24.5 Å². The molecular weight excluding hydrogens is 378 g/mol. The Labute approximate surface area is 170 Å². The van der Waals surface area contributed by atoms with Crippen LogP contribution in [-0.4, -0.2) is 46.0 Å².